The molecule has 3 amide bonds. The lowest BCUT2D eigenvalue weighted by atomic mass is 10.1. The molecule has 1 aromatic heterocycles. The summed E-state index contributed by atoms with van der Waals surface area (Å²) in [6, 6.07) is 8.38. The van der Waals surface area contributed by atoms with Gasteiger partial charge in [0.15, 0.2) is 0 Å². The van der Waals surface area contributed by atoms with Crippen molar-refractivity contribution in [2.45, 2.75) is 31.3 Å². The van der Waals surface area contributed by atoms with Gasteiger partial charge in [-0.25, -0.2) is 9.78 Å². The number of nitrogens with one attached hydrogen (secondary N) is 3. The zero-order valence-electron chi connectivity index (χ0n) is 14.2. The molecule has 1 fully saturated rings. The van der Waals surface area contributed by atoms with E-state index in [1.807, 2.05) is 48.1 Å². The number of benzene rings is 1. The smallest absolute Gasteiger partial charge is 0.316 e. The lowest BCUT2D eigenvalue weighted by molar-refractivity contribution is -0.122. The van der Waals surface area contributed by atoms with Crippen LogP contribution < -0.4 is 16.0 Å². The summed E-state index contributed by atoms with van der Waals surface area (Å²) in [5, 5.41) is 8.57. The van der Waals surface area contributed by atoms with E-state index >= 15 is 0 Å². The van der Waals surface area contributed by atoms with E-state index in [2.05, 4.69) is 20.9 Å². The first-order chi connectivity index (χ1) is 12.1. The Morgan fingerprint density at radius 1 is 1.32 bits per heavy atom. The van der Waals surface area contributed by atoms with Crippen LogP contribution in [-0.2, 0) is 11.8 Å². The van der Waals surface area contributed by atoms with Gasteiger partial charge in [-0.3, -0.25) is 4.79 Å². The normalized spacial score (nSPS) is 18.8. The van der Waals surface area contributed by atoms with E-state index in [-0.39, 0.29) is 11.9 Å². The lowest BCUT2D eigenvalue weighted by Crippen LogP contribution is -2.50. The number of imidazole rings is 1. The second-order valence-corrected chi connectivity index (χ2v) is 6.20. The highest BCUT2D eigenvalue weighted by Gasteiger charge is 2.25. The molecular formula is C18H23N5O2. The number of nitrogens with zero attached hydrogens (tertiary/aromatic N) is 2. The summed E-state index contributed by atoms with van der Waals surface area (Å²) < 4.78 is 1.87. The molecule has 2 aromatic rings. The molecule has 0 unspecified atom stereocenters. The molecule has 132 valence electrons. The van der Waals surface area contributed by atoms with Gasteiger partial charge < -0.3 is 20.5 Å². The predicted octanol–water partition coefficient (Wildman–Crippen LogP) is 1.48. The van der Waals surface area contributed by atoms with E-state index in [4.69, 9.17) is 0 Å². The van der Waals surface area contributed by atoms with Gasteiger partial charge in [0, 0.05) is 26.0 Å². The Kier molecular flexibility index (Phi) is 5.33. The molecular weight excluding hydrogens is 318 g/mol. The minimum atomic E-state index is -0.500. The van der Waals surface area contributed by atoms with Crippen LogP contribution in [0, 0.1) is 0 Å². The van der Waals surface area contributed by atoms with Gasteiger partial charge in [-0.05, 0) is 24.8 Å². The Hall–Kier alpha value is -2.83. The van der Waals surface area contributed by atoms with Crippen LogP contribution in [0.2, 0.25) is 0 Å². The van der Waals surface area contributed by atoms with Crippen LogP contribution in [0.3, 0.4) is 0 Å². The average molecular weight is 341 g/mol. The van der Waals surface area contributed by atoms with E-state index in [1.165, 1.54) is 0 Å². The number of carbonyl (C=O) groups excluding carboxylic acids is 2. The summed E-state index contributed by atoms with van der Waals surface area (Å²) in [5.74, 6) is 0.604. The third-order valence-electron chi connectivity index (χ3n) is 4.37. The van der Waals surface area contributed by atoms with Crippen molar-refractivity contribution in [3.8, 4) is 0 Å². The van der Waals surface area contributed by atoms with Crippen LogP contribution in [-0.4, -0.2) is 34.1 Å². The molecule has 0 spiro atoms. The topological polar surface area (TPSA) is 88.1 Å². The molecule has 1 aliphatic heterocycles. The maximum absolute atomic E-state index is 12.5. The van der Waals surface area contributed by atoms with Crippen molar-refractivity contribution < 1.29 is 9.59 Å². The zero-order chi connectivity index (χ0) is 17.6. The molecule has 0 aliphatic carbocycles. The molecule has 0 saturated carbocycles. The van der Waals surface area contributed by atoms with Gasteiger partial charge >= 0.3 is 6.03 Å². The summed E-state index contributed by atoms with van der Waals surface area (Å²) in [7, 11) is 1.89. The Balaban J connectivity index is 1.75. The van der Waals surface area contributed by atoms with Crippen LogP contribution in [0.25, 0.3) is 0 Å². The average Bonchev–Trinajstić information content (AvgIpc) is 2.94. The van der Waals surface area contributed by atoms with Gasteiger partial charge in [0.2, 0.25) is 5.91 Å². The quantitative estimate of drug-likeness (QED) is 0.787. The highest BCUT2D eigenvalue weighted by molar-refractivity contribution is 5.87. The monoisotopic (exact) mass is 341 g/mol. The summed E-state index contributed by atoms with van der Waals surface area (Å²) >= 11 is 0. The SMILES string of the molecule is Cn1ccnc1[C@H](NC(=O)N[C@H]1CCCCNC1=O)c1ccccc1. The molecule has 0 radical (unpaired) electrons. The molecule has 1 aliphatic rings. The second-order valence-electron chi connectivity index (χ2n) is 6.20. The van der Waals surface area contributed by atoms with E-state index < -0.39 is 12.1 Å². The maximum atomic E-state index is 12.5. The standard InChI is InChI=1S/C18H23N5O2/c1-23-12-11-19-16(23)15(13-7-3-2-4-8-13)22-18(25)21-14-9-5-6-10-20-17(14)24/h2-4,7-8,11-12,14-15H,5-6,9-10H2,1H3,(H,20,24)(H2,21,22,25)/t14-,15+/m0/s1. The van der Waals surface area contributed by atoms with E-state index in [1.54, 1.807) is 6.20 Å². The molecule has 3 rings (SSSR count). The van der Waals surface area contributed by atoms with Crippen LogP contribution in [0.1, 0.15) is 36.7 Å². The molecule has 1 saturated heterocycles. The summed E-state index contributed by atoms with van der Waals surface area (Å²) in [6.07, 6.45) is 6.03. The van der Waals surface area contributed by atoms with Crippen molar-refractivity contribution in [1.82, 2.24) is 25.5 Å². The first kappa shape index (κ1) is 17.0. The highest BCUT2D eigenvalue weighted by atomic mass is 16.2. The number of carbonyl (C=O) groups is 2. The number of aryl methyl sites for hydroxylation is 1. The van der Waals surface area contributed by atoms with Crippen molar-refractivity contribution in [2.75, 3.05) is 6.54 Å². The zero-order valence-corrected chi connectivity index (χ0v) is 14.2. The predicted molar refractivity (Wildman–Crippen MR) is 93.8 cm³/mol. The fraction of sp³-hybridized carbons (Fsp3) is 0.389. The third kappa shape index (κ3) is 4.17. The number of hydrogen-bond donors (Lipinski definition) is 3. The number of amides is 3. The minimum Gasteiger partial charge on any atom is -0.354 e. The van der Waals surface area contributed by atoms with Crippen LogP contribution in [0.4, 0.5) is 4.79 Å². The lowest BCUT2D eigenvalue weighted by Gasteiger charge is -2.21. The van der Waals surface area contributed by atoms with Crippen LogP contribution in [0.5, 0.6) is 0 Å². The molecule has 1 aromatic carbocycles. The first-order valence-corrected chi connectivity index (χ1v) is 8.52. The molecule has 3 N–H and O–H groups in total. The van der Waals surface area contributed by atoms with Crippen molar-refractivity contribution in [1.29, 1.82) is 0 Å². The largest absolute Gasteiger partial charge is 0.354 e. The molecule has 25 heavy (non-hydrogen) atoms. The van der Waals surface area contributed by atoms with Crippen molar-refractivity contribution >= 4 is 11.9 Å². The molecule has 2 heterocycles. The van der Waals surface area contributed by atoms with Gasteiger partial charge in [-0.15, -0.1) is 0 Å². The third-order valence-corrected chi connectivity index (χ3v) is 4.37. The fourth-order valence-corrected chi connectivity index (χ4v) is 3.01. The van der Waals surface area contributed by atoms with E-state index in [9.17, 15) is 9.59 Å². The Bertz CT molecular complexity index is 728. The number of urea groups is 1. The Morgan fingerprint density at radius 2 is 2.12 bits per heavy atom. The van der Waals surface area contributed by atoms with Gasteiger partial charge in [-0.2, -0.15) is 0 Å². The van der Waals surface area contributed by atoms with Crippen molar-refractivity contribution in [2.24, 2.45) is 7.05 Å². The van der Waals surface area contributed by atoms with Crippen LogP contribution >= 0.6 is 0 Å². The van der Waals surface area contributed by atoms with Gasteiger partial charge in [0.25, 0.3) is 0 Å². The molecule has 0 bridgehead atoms. The first-order valence-electron chi connectivity index (χ1n) is 8.52. The van der Waals surface area contributed by atoms with Crippen LogP contribution in [0.15, 0.2) is 42.7 Å². The van der Waals surface area contributed by atoms with Gasteiger partial charge in [0.1, 0.15) is 17.9 Å². The fourth-order valence-electron chi connectivity index (χ4n) is 3.01. The van der Waals surface area contributed by atoms with Crippen molar-refractivity contribution in [3.05, 3.63) is 54.1 Å². The number of hydrogen-bond acceptors (Lipinski definition) is 3. The van der Waals surface area contributed by atoms with Gasteiger partial charge in [0.05, 0.1) is 0 Å². The maximum Gasteiger partial charge on any atom is 0.316 e. The number of aromatic nitrogens is 2. The Morgan fingerprint density at radius 3 is 2.84 bits per heavy atom. The van der Waals surface area contributed by atoms with E-state index in [0.717, 1.165) is 24.2 Å². The number of rotatable bonds is 4. The summed E-state index contributed by atoms with van der Waals surface area (Å²) in [6.45, 7) is 0.665. The minimum absolute atomic E-state index is 0.124. The molecule has 7 nitrogen and oxygen atoms in total. The van der Waals surface area contributed by atoms with Gasteiger partial charge in [-0.1, -0.05) is 30.3 Å². The highest BCUT2D eigenvalue weighted by Crippen LogP contribution is 2.20. The molecule has 2 atom stereocenters. The molecule has 7 heteroatoms. The van der Waals surface area contributed by atoms with E-state index in [0.29, 0.717) is 13.0 Å². The van der Waals surface area contributed by atoms with Crippen molar-refractivity contribution in [3.63, 3.8) is 0 Å². The Labute approximate surface area is 146 Å². The summed E-state index contributed by atoms with van der Waals surface area (Å²) in [4.78, 5) is 28.9. The summed E-state index contributed by atoms with van der Waals surface area (Å²) in [5.41, 5.74) is 0.928. The second kappa shape index (κ2) is 7.83.